The van der Waals surface area contributed by atoms with Gasteiger partial charge in [-0.15, -0.1) is 0 Å². The van der Waals surface area contributed by atoms with Crippen LogP contribution in [0.4, 0.5) is 5.69 Å². The minimum absolute atomic E-state index is 0.0164. The zero-order valence-corrected chi connectivity index (χ0v) is 13.5. The highest BCUT2D eigenvalue weighted by atomic mass is 16.4. The van der Waals surface area contributed by atoms with Crippen LogP contribution in [0.25, 0.3) is 0 Å². The number of carbonyl (C=O) groups is 3. The second kappa shape index (κ2) is 7.03. The van der Waals surface area contributed by atoms with E-state index in [1.165, 1.54) is 0 Å². The van der Waals surface area contributed by atoms with Crippen molar-refractivity contribution in [1.82, 2.24) is 4.90 Å². The molecule has 1 aromatic carbocycles. The Hall–Kier alpha value is -2.37. The molecular formula is C18H22N2O4. The number of hydrogen-bond donors (Lipinski definition) is 2. The molecular weight excluding hydrogens is 308 g/mol. The van der Waals surface area contributed by atoms with Gasteiger partial charge >= 0.3 is 5.97 Å². The normalized spacial score (nSPS) is 23.3. The molecule has 2 heterocycles. The molecule has 0 radical (unpaired) electrons. The zero-order chi connectivity index (χ0) is 17.1. The Bertz CT molecular complexity index is 658. The average molecular weight is 330 g/mol. The molecule has 0 saturated carbocycles. The molecule has 0 aromatic heterocycles. The van der Waals surface area contributed by atoms with Crippen molar-refractivity contribution in [2.45, 2.75) is 38.0 Å². The smallest absolute Gasteiger partial charge is 0.303 e. The van der Waals surface area contributed by atoms with Crippen LogP contribution in [0.3, 0.4) is 0 Å². The van der Waals surface area contributed by atoms with E-state index in [-0.39, 0.29) is 30.6 Å². The number of amides is 2. The lowest BCUT2D eigenvalue weighted by Crippen LogP contribution is -2.44. The Morgan fingerprint density at radius 3 is 2.88 bits per heavy atom. The zero-order valence-electron chi connectivity index (χ0n) is 13.5. The van der Waals surface area contributed by atoms with E-state index in [1.807, 2.05) is 29.2 Å². The summed E-state index contributed by atoms with van der Waals surface area (Å²) in [6.45, 7) is 1.27. The van der Waals surface area contributed by atoms with Crippen LogP contribution in [0, 0.1) is 5.92 Å². The van der Waals surface area contributed by atoms with E-state index in [9.17, 15) is 14.4 Å². The number of likely N-dealkylation sites (tertiary alicyclic amines) is 1. The van der Waals surface area contributed by atoms with Crippen molar-refractivity contribution < 1.29 is 19.5 Å². The molecule has 1 fully saturated rings. The van der Waals surface area contributed by atoms with E-state index in [0.29, 0.717) is 25.2 Å². The first kappa shape index (κ1) is 16.5. The summed E-state index contributed by atoms with van der Waals surface area (Å²) in [7, 11) is 0. The Morgan fingerprint density at radius 2 is 2.08 bits per heavy atom. The first-order chi connectivity index (χ1) is 11.5. The fourth-order valence-electron chi connectivity index (χ4n) is 3.68. The van der Waals surface area contributed by atoms with E-state index < -0.39 is 11.9 Å². The van der Waals surface area contributed by atoms with E-state index in [1.54, 1.807) is 0 Å². The van der Waals surface area contributed by atoms with Crippen LogP contribution in [0.1, 0.15) is 43.6 Å². The predicted octanol–water partition coefficient (Wildman–Crippen LogP) is 2.22. The maximum atomic E-state index is 13.0. The topological polar surface area (TPSA) is 86.7 Å². The third-order valence-corrected chi connectivity index (χ3v) is 4.90. The summed E-state index contributed by atoms with van der Waals surface area (Å²) < 4.78 is 0. The summed E-state index contributed by atoms with van der Waals surface area (Å²) >= 11 is 0. The van der Waals surface area contributed by atoms with E-state index in [4.69, 9.17) is 5.11 Å². The van der Waals surface area contributed by atoms with Gasteiger partial charge in [0.25, 0.3) is 0 Å². The van der Waals surface area contributed by atoms with Crippen LogP contribution in [-0.4, -0.2) is 40.9 Å². The van der Waals surface area contributed by atoms with Crippen LogP contribution in [0.5, 0.6) is 0 Å². The molecule has 0 spiro atoms. The lowest BCUT2D eigenvalue weighted by Gasteiger charge is -2.36. The second-order valence-electron chi connectivity index (χ2n) is 6.62. The average Bonchev–Trinajstić information content (AvgIpc) is 2.58. The fourth-order valence-corrected chi connectivity index (χ4v) is 3.68. The van der Waals surface area contributed by atoms with Gasteiger partial charge < -0.3 is 15.3 Å². The van der Waals surface area contributed by atoms with Crippen LogP contribution in [0.15, 0.2) is 24.3 Å². The van der Waals surface area contributed by atoms with Crippen LogP contribution < -0.4 is 5.32 Å². The third kappa shape index (κ3) is 3.58. The molecule has 0 bridgehead atoms. The Kier molecular flexibility index (Phi) is 4.83. The molecule has 128 valence electrons. The van der Waals surface area contributed by atoms with Gasteiger partial charge in [-0.3, -0.25) is 14.4 Å². The summed E-state index contributed by atoms with van der Waals surface area (Å²) in [5, 5.41) is 11.7. The Balaban J connectivity index is 1.72. The van der Waals surface area contributed by atoms with Gasteiger partial charge in [-0.25, -0.2) is 0 Å². The van der Waals surface area contributed by atoms with Crippen molar-refractivity contribution in [3.8, 4) is 0 Å². The van der Waals surface area contributed by atoms with E-state index in [2.05, 4.69) is 5.32 Å². The molecule has 0 unspecified atom stereocenters. The maximum absolute atomic E-state index is 13.0. The van der Waals surface area contributed by atoms with Crippen molar-refractivity contribution in [3.63, 3.8) is 0 Å². The highest BCUT2D eigenvalue weighted by molar-refractivity contribution is 6.01. The van der Waals surface area contributed by atoms with Gasteiger partial charge in [0.2, 0.25) is 11.8 Å². The summed E-state index contributed by atoms with van der Waals surface area (Å²) in [5.41, 5.74) is 1.58. The number of nitrogens with zero attached hydrogens (tertiary/aromatic N) is 1. The lowest BCUT2D eigenvalue weighted by molar-refractivity contribution is -0.138. The molecule has 2 atom stereocenters. The minimum atomic E-state index is -0.795. The summed E-state index contributed by atoms with van der Waals surface area (Å²) in [5.74, 6) is -1.15. The molecule has 1 aromatic rings. The quantitative estimate of drug-likeness (QED) is 0.886. The number of para-hydroxylation sites is 1. The number of anilines is 1. The number of aliphatic carboxylic acids is 1. The number of benzene rings is 1. The molecule has 2 N–H and O–H groups in total. The number of nitrogens with one attached hydrogen (secondary N) is 1. The van der Waals surface area contributed by atoms with Gasteiger partial charge in [-0.05, 0) is 36.8 Å². The van der Waals surface area contributed by atoms with Gasteiger partial charge in [0.15, 0.2) is 0 Å². The van der Waals surface area contributed by atoms with Crippen LogP contribution in [-0.2, 0) is 14.4 Å². The van der Waals surface area contributed by atoms with Crippen LogP contribution >= 0.6 is 0 Å². The van der Waals surface area contributed by atoms with E-state index >= 15 is 0 Å². The van der Waals surface area contributed by atoms with Crippen molar-refractivity contribution in [1.29, 1.82) is 0 Å². The van der Waals surface area contributed by atoms with Crippen molar-refractivity contribution >= 4 is 23.5 Å². The maximum Gasteiger partial charge on any atom is 0.303 e. The van der Waals surface area contributed by atoms with Crippen molar-refractivity contribution in [2.75, 3.05) is 18.4 Å². The van der Waals surface area contributed by atoms with Crippen molar-refractivity contribution in [2.24, 2.45) is 5.92 Å². The predicted molar refractivity (Wildman–Crippen MR) is 88.6 cm³/mol. The van der Waals surface area contributed by atoms with Gasteiger partial charge in [0.1, 0.15) is 0 Å². The first-order valence-electron chi connectivity index (χ1n) is 8.44. The minimum Gasteiger partial charge on any atom is -0.481 e. The number of carboxylic acids is 1. The first-order valence-corrected chi connectivity index (χ1v) is 8.44. The highest BCUT2D eigenvalue weighted by Crippen LogP contribution is 2.34. The van der Waals surface area contributed by atoms with Crippen molar-refractivity contribution in [3.05, 3.63) is 29.8 Å². The second-order valence-corrected chi connectivity index (χ2v) is 6.62. The van der Waals surface area contributed by atoms with Gasteiger partial charge in [0, 0.05) is 31.6 Å². The SMILES string of the molecule is O=C(O)CC[C@@H]1CCCN(C(=O)[C@H]2CC(=O)Nc3ccccc32)C1. The van der Waals surface area contributed by atoms with Gasteiger partial charge in [-0.1, -0.05) is 18.2 Å². The number of piperidine rings is 1. The number of carbonyl (C=O) groups excluding carboxylic acids is 2. The molecule has 2 amide bonds. The number of hydrogen-bond acceptors (Lipinski definition) is 3. The molecule has 6 nitrogen and oxygen atoms in total. The number of carboxylic acid groups (broad SMARTS) is 1. The fraction of sp³-hybridized carbons (Fsp3) is 0.500. The summed E-state index contributed by atoms with van der Waals surface area (Å²) in [6, 6.07) is 7.43. The van der Waals surface area contributed by atoms with Crippen LogP contribution in [0.2, 0.25) is 0 Å². The number of fused-ring (bicyclic) bond motifs is 1. The molecule has 24 heavy (non-hydrogen) atoms. The Labute approximate surface area is 140 Å². The third-order valence-electron chi connectivity index (χ3n) is 4.90. The van der Waals surface area contributed by atoms with Gasteiger partial charge in [0.05, 0.1) is 5.92 Å². The molecule has 2 aliphatic heterocycles. The monoisotopic (exact) mass is 330 g/mol. The number of rotatable bonds is 4. The largest absolute Gasteiger partial charge is 0.481 e. The lowest BCUT2D eigenvalue weighted by atomic mass is 9.87. The standard InChI is InChI=1S/C18H22N2O4/c21-16-10-14(13-5-1-2-6-15(13)19-16)18(24)20-9-3-4-12(11-20)7-8-17(22)23/h1-2,5-6,12,14H,3-4,7-11H2,(H,19,21)(H,22,23)/t12-,14-/m0/s1. The molecule has 6 heteroatoms. The molecule has 1 saturated heterocycles. The summed E-state index contributed by atoms with van der Waals surface area (Å²) in [6.07, 6.45) is 2.75. The van der Waals surface area contributed by atoms with E-state index in [0.717, 1.165) is 18.4 Å². The van der Waals surface area contributed by atoms with Gasteiger partial charge in [-0.2, -0.15) is 0 Å². The highest BCUT2D eigenvalue weighted by Gasteiger charge is 2.35. The summed E-state index contributed by atoms with van der Waals surface area (Å²) in [4.78, 5) is 37.5. The molecule has 0 aliphatic carbocycles. The molecule has 3 rings (SSSR count). The Morgan fingerprint density at radius 1 is 1.29 bits per heavy atom. The molecule has 2 aliphatic rings.